The van der Waals surface area contributed by atoms with E-state index in [1.54, 1.807) is 44.1 Å². The van der Waals surface area contributed by atoms with E-state index in [1.807, 2.05) is 25.1 Å². The summed E-state index contributed by atoms with van der Waals surface area (Å²) in [6, 6.07) is 13.5. The summed E-state index contributed by atoms with van der Waals surface area (Å²) in [6.07, 6.45) is 1.04. The molecule has 0 aliphatic rings. The van der Waals surface area contributed by atoms with Crippen molar-refractivity contribution in [2.75, 3.05) is 42.3 Å². The maximum atomic E-state index is 12.6. The average molecular weight is 436 g/mol. The van der Waals surface area contributed by atoms with Crippen LogP contribution >= 0.6 is 11.8 Å². The maximum absolute atomic E-state index is 12.6. The Labute approximate surface area is 176 Å². The molecule has 0 aliphatic heterocycles. The smallest absolute Gasteiger partial charge is 0.253 e. The van der Waals surface area contributed by atoms with E-state index in [1.165, 1.54) is 17.0 Å². The van der Waals surface area contributed by atoms with Crippen molar-refractivity contribution in [3.8, 4) is 0 Å². The lowest BCUT2D eigenvalue weighted by atomic mass is 10.2. The summed E-state index contributed by atoms with van der Waals surface area (Å²) < 4.78 is 25.6. The van der Waals surface area contributed by atoms with Crippen LogP contribution in [0.25, 0.3) is 0 Å². The average Bonchev–Trinajstić information content (AvgIpc) is 2.66. The van der Waals surface area contributed by atoms with Crippen molar-refractivity contribution in [1.29, 1.82) is 0 Å². The van der Waals surface area contributed by atoms with Gasteiger partial charge in [0.05, 0.1) is 17.6 Å². The predicted octanol–water partition coefficient (Wildman–Crippen LogP) is 2.91. The van der Waals surface area contributed by atoms with E-state index >= 15 is 0 Å². The SMILES string of the molecule is CCSc1ccccc1NC(=O)CN(c1ccc(C(=O)N(C)C)cc1)S(C)(=O)=O. The van der Waals surface area contributed by atoms with Gasteiger partial charge in [0.15, 0.2) is 0 Å². The molecular formula is C20H25N3O4S2. The van der Waals surface area contributed by atoms with Crippen LogP contribution in [0.5, 0.6) is 0 Å². The Morgan fingerprint density at radius 2 is 1.66 bits per heavy atom. The highest BCUT2D eigenvalue weighted by Gasteiger charge is 2.22. The van der Waals surface area contributed by atoms with Crippen LogP contribution in [-0.2, 0) is 14.8 Å². The molecule has 1 N–H and O–H groups in total. The molecule has 0 unspecified atom stereocenters. The van der Waals surface area contributed by atoms with Gasteiger partial charge in [-0.1, -0.05) is 19.1 Å². The summed E-state index contributed by atoms with van der Waals surface area (Å²) in [5.41, 5.74) is 1.39. The van der Waals surface area contributed by atoms with E-state index in [9.17, 15) is 18.0 Å². The summed E-state index contributed by atoms with van der Waals surface area (Å²) >= 11 is 1.59. The summed E-state index contributed by atoms with van der Waals surface area (Å²) in [7, 11) is -0.429. The van der Waals surface area contributed by atoms with Crippen LogP contribution in [0, 0.1) is 0 Å². The van der Waals surface area contributed by atoms with E-state index in [0.717, 1.165) is 21.2 Å². The molecule has 0 fully saturated rings. The molecule has 156 valence electrons. The van der Waals surface area contributed by atoms with Crippen molar-refractivity contribution >= 4 is 45.0 Å². The number of sulfonamides is 1. The normalized spacial score (nSPS) is 11.0. The fraction of sp³-hybridized carbons (Fsp3) is 0.300. The van der Waals surface area contributed by atoms with Gasteiger partial charge < -0.3 is 10.2 Å². The molecule has 0 radical (unpaired) electrons. The fourth-order valence-corrected chi connectivity index (χ4v) is 4.22. The van der Waals surface area contributed by atoms with Crippen molar-refractivity contribution in [3.05, 3.63) is 54.1 Å². The van der Waals surface area contributed by atoms with Gasteiger partial charge in [0.25, 0.3) is 5.91 Å². The first kappa shape index (κ1) is 22.8. The Balaban J connectivity index is 2.22. The first-order valence-corrected chi connectivity index (χ1v) is 11.8. The van der Waals surface area contributed by atoms with Gasteiger partial charge in [-0.25, -0.2) is 8.42 Å². The van der Waals surface area contributed by atoms with Gasteiger partial charge in [-0.15, -0.1) is 11.8 Å². The van der Waals surface area contributed by atoms with E-state index in [-0.39, 0.29) is 12.5 Å². The number of carbonyl (C=O) groups excluding carboxylic acids is 2. The summed E-state index contributed by atoms with van der Waals surface area (Å²) in [6.45, 7) is 1.64. The van der Waals surface area contributed by atoms with Crippen molar-refractivity contribution in [1.82, 2.24) is 4.90 Å². The second-order valence-corrected chi connectivity index (χ2v) is 9.71. The van der Waals surface area contributed by atoms with Gasteiger partial charge in [-0.2, -0.15) is 0 Å². The van der Waals surface area contributed by atoms with Gasteiger partial charge in [-0.3, -0.25) is 13.9 Å². The minimum Gasteiger partial charge on any atom is -0.345 e. The molecule has 9 heteroatoms. The lowest BCUT2D eigenvalue weighted by Crippen LogP contribution is -2.37. The van der Waals surface area contributed by atoms with Crippen molar-refractivity contribution in [3.63, 3.8) is 0 Å². The van der Waals surface area contributed by atoms with Crippen LogP contribution in [0.1, 0.15) is 17.3 Å². The van der Waals surface area contributed by atoms with Crippen molar-refractivity contribution in [2.24, 2.45) is 0 Å². The first-order valence-electron chi connectivity index (χ1n) is 8.94. The Bertz CT molecular complexity index is 973. The third-order valence-electron chi connectivity index (χ3n) is 3.96. The van der Waals surface area contributed by atoms with Crippen LogP contribution in [0.4, 0.5) is 11.4 Å². The third kappa shape index (κ3) is 6.23. The number of rotatable bonds is 8. The molecule has 0 heterocycles. The van der Waals surface area contributed by atoms with Gasteiger partial charge in [-0.05, 0) is 42.2 Å². The van der Waals surface area contributed by atoms with Crippen molar-refractivity contribution < 1.29 is 18.0 Å². The monoisotopic (exact) mass is 435 g/mol. The molecule has 2 aromatic carbocycles. The van der Waals surface area contributed by atoms with Crippen LogP contribution in [0.2, 0.25) is 0 Å². The highest BCUT2D eigenvalue weighted by atomic mass is 32.2. The zero-order valence-corrected chi connectivity index (χ0v) is 18.5. The molecule has 2 rings (SSSR count). The number of hydrogen-bond donors (Lipinski definition) is 1. The minimum atomic E-state index is -3.70. The molecule has 2 amide bonds. The standard InChI is InChI=1S/C20H25N3O4S2/c1-5-28-18-9-7-6-8-17(18)21-19(24)14-23(29(4,26)27)16-12-10-15(11-13-16)20(25)22(2)3/h6-13H,5,14H2,1-4H3,(H,21,24). The molecule has 0 saturated carbocycles. The molecule has 0 aliphatic carbocycles. The molecular weight excluding hydrogens is 410 g/mol. The van der Waals surface area contributed by atoms with Crippen LogP contribution < -0.4 is 9.62 Å². The van der Waals surface area contributed by atoms with E-state index in [2.05, 4.69) is 5.32 Å². The largest absolute Gasteiger partial charge is 0.345 e. The fourth-order valence-electron chi connectivity index (χ4n) is 2.60. The lowest BCUT2D eigenvalue weighted by Gasteiger charge is -2.22. The van der Waals surface area contributed by atoms with Crippen LogP contribution in [-0.4, -0.2) is 57.8 Å². The number of hydrogen-bond acceptors (Lipinski definition) is 5. The molecule has 7 nitrogen and oxygen atoms in total. The Kier molecular flexibility index (Phi) is 7.69. The molecule has 0 atom stereocenters. The lowest BCUT2D eigenvalue weighted by molar-refractivity contribution is -0.114. The summed E-state index contributed by atoms with van der Waals surface area (Å²) in [5.74, 6) is 0.207. The maximum Gasteiger partial charge on any atom is 0.253 e. The van der Waals surface area contributed by atoms with E-state index < -0.39 is 15.9 Å². The Morgan fingerprint density at radius 3 is 2.21 bits per heavy atom. The third-order valence-corrected chi connectivity index (χ3v) is 6.05. The van der Waals surface area contributed by atoms with Crippen LogP contribution in [0.3, 0.4) is 0 Å². The molecule has 0 saturated heterocycles. The van der Waals surface area contributed by atoms with E-state index in [4.69, 9.17) is 0 Å². The highest BCUT2D eigenvalue weighted by Crippen LogP contribution is 2.27. The van der Waals surface area contributed by atoms with E-state index in [0.29, 0.717) is 16.9 Å². The number of thioether (sulfide) groups is 1. The second-order valence-electron chi connectivity index (χ2n) is 6.49. The van der Waals surface area contributed by atoms with Crippen molar-refractivity contribution in [2.45, 2.75) is 11.8 Å². The number of benzene rings is 2. The number of nitrogens with zero attached hydrogens (tertiary/aromatic N) is 2. The first-order chi connectivity index (χ1) is 13.6. The summed E-state index contributed by atoms with van der Waals surface area (Å²) in [5, 5.41) is 2.79. The van der Waals surface area contributed by atoms with Gasteiger partial charge >= 0.3 is 0 Å². The Hall–Kier alpha value is -2.52. The number of anilines is 2. The highest BCUT2D eigenvalue weighted by molar-refractivity contribution is 7.99. The number of para-hydroxylation sites is 1. The molecule has 0 bridgehead atoms. The molecule has 2 aromatic rings. The van der Waals surface area contributed by atoms with Gasteiger partial charge in [0.2, 0.25) is 15.9 Å². The predicted molar refractivity (Wildman–Crippen MR) is 118 cm³/mol. The molecule has 0 spiro atoms. The Morgan fingerprint density at radius 1 is 1.03 bits per heavy atom. The second kappa shape index (κ2) is 9.80. The van der Waals surface area contributed by atoms with Gasteiger partial charge in [0, 0.05) is 24.6 Å². The zero-order chi connectivity index (χ0) is 21.6. The molecule has 0 aromatic heterocycles. The number of nitrogens with one attached hydrogen (secondary N) is 1. The van der Waals surface area contributed by atoms with Gasteiger partial charge in [0.1, 0.15) is 6.54 Å². The summed E-state index contributed by atoms with van der Waals surface area (Å²) in [4.78, 5) is 26.9. The topological polar surface area (TPSA) is 86.8 Å². The molecule has 29 heavy (non-hydrogen) atoms. The zero-order valence-electron chi connectivity index (χ0n) is 16.9. The van der Waals surface area contributed by atoms with Crippen LogP contribution in [0.15, 0.2) is 53.4 Å². The quantitative estimate of drug-likeness (QED) is 0.645. The minimum absolute atomic E-state index is 0.190. The number of carbonyl (C=O) groups is 2. The number of amides is 2.